The standard InChI is InChI=1S/C30H41N3O2/c1-22(2)18-33(29(35)30-15-24-12-25(16-30)14-26(13-24)17-30)21-28(34)32(19-23-8-5-4-6-9-23)20-27-10-7-11-31(27)3/h4-11,22,24-26H,12-21H2,1-3H3. The average Bonchev–Trinajstić information content (AvgIpc) is 3.21. The van der Waals surface area contributed by atoms with Crippen molar-refractivity contribution < 1.29 is 9.59 Å². The summed E-state index contributed by atoms with van der Waals surface area (Å²) >= 11 is 0. The quantitative estimate of drug-likeness (QED) is 0.497. The summed E-state index contributed by atoms with van der Waals surface area (Å²) < 4.78 is 2.07. The molecule has 6 rings (SSSR count). The van der Waals surface area contributed by atoms with Crippen molar-refractivity contribution in [3.8, 4) is 0 Å². The highest BCUT2D eigenvalue weighted by Gasteiger charge is 2.55. The number of rotatable bonds is 9. The molecule has 2 aromatic rings. The smallest absolute Gasteiger partial charge is 0.242 e. The van der Waals surface area contributed by atoms with Crippen LogP contribution >= 0.6 is 0 Å². The molecule has 0 unspecified atom stereocenters. The third-order valence-electron chi connectivity index (χ3n) is 8.66. The van der Waals surface area contributed by atoms with Gasteiger partial charge in [-0.05, 0) is 79.9 Å². The largest absolute Gasteiger partial charge is 0.353 e. The predicted molar refractivity (Wildman–Crippen MR) is 138 cm³/mol. The van der Waals surface area contributed by atoms with E-state index < -0.39 is 0 Å². The Morgan fingerprint density at radius 2 is 1.54 bits per heavy atom. The number of hydrogen-bond acceptors (Lipinski definition) is 2. The molecule has 0 aliphatic heterocycles. The molecular formula is C30H41N3O2. The molecule has 4 saturated carbocycles. The first-order chi connectivity index (χ1) is 16.8. The molecule has 4 aliphatic rings. The highest BCUT2D eigenvalue weighted by molar-refractivity contribution is 5.88. The Bertz CT molecular complexity index is 1010. The summed E-state index contributed by atoms with van der Waals surface area (Å²) in [5.41, 5.74) is 1.99. The van der Waals surface area contributed by atoms with Crippen LogP contribution in [0.3, 0.4) is 0 Å². The second kappa shape index (κ2) is 9.83. The molecule has 0 saturated heterocycles. The Balaban J connectivity index is 1.36. The van der Waals surface area contributed by atoms with Crippen LogP contribution in [-0.4, -0.2) is 39.3 Å². The van der Waals surface area contributed by atoms with E-state index in [9.17, 15) is 9.59 Å². The first-order valence-electron chi connectivity index (χ1n) is 13.5. The fraction of sp³-hybridized carbons (Fsp3) is 0.600. The molecule has 4 fully saturated rings. The lowest BCUT2D eigenvalue weighted by Gasteiger charge is -2.56. The van der Waals surface area contributed by atoms with E-state index in [0.29, 0.717) is 43.3 Å². The number of aryl methyl sites for hydroxylation is 1. The summed E-state index contributed by atoms with van der Waals surface area (Å²) in [7, 11) is 2.02. The zero-order valence-corrected chi connectivity index (χ0v) is 21.7. The number of aromatic nitrogens is 1. The average molecular weight is 476 g/mol. The highest BCUT2D eigenvalue weighted by Crippen LogP contribution is 2.60. The van der Waals surface area contributed by atoms with Crippen LogP contribution in [-0.2, 0) is 29.7 Å². The van der Waals surface area contributed by atoms with Crippen molar-refractivity contribution in [2.24, 2.45) is 36.1 Å². The van der Waals surface area contributed by atoms with Gasteiger partial charge in [-0.3, -0.25) is 9.59 Å². The Hall–Kier alpha value is -2.56. The third-order valence-corrected chi connectivity index (χ3v) is 8.66. The Labute approximate surface area is 210 Å². The van der Waals surface area contributed by atoms with Gasteiger partial charge in [0.2, 0.25) is 11.8 Å². The zero-order valence-electron chi connectivity index (χ0n) is 21.7. The van der Waals surface area contributed by atoms with E-state index >= 15 is 0 Å². The van der Waals surface area contributed by atoms with Crippen LogP contribution in [0.25, 0.3) is 0 Å². The van der Waals surface area contributed by atoms with Gasteiger partial charge < -0.3 is 14.4 Å². The van der Waals surface area contributed by atoms with Crippen molar-refractivity contribution >= 4 is 11.8 Å². The number of nitrogens with zero attached hydrogens (tertiary/aromatic N) is 3. The summed E-state index contributed by atoms with van der Waals surface area (Å²) in [6.07, 6.45) is 9.08. The van der Waals surface area contributed by atoms with E-state index in [1.54, 1.807) is 0 Å². The molecule has 0 spiro atoms. The molecule has 4 bridgehead atoms. The topological polar surface area (TPSA) is 45.6 Å². The van der Waals surface area contributed by atoms with Crippen LogP contribution < -0.4 is 0 Å². The van der Waals surface area contributed by atoms with E-state index in [2.05, 4.69) is 36.6 Å². The summed E-state index contributed by atoms with van der Waals surface area (Å²) in [4.78, 5) is 31.9. The minimum absolute atomic E-state index is 0.0359. The first-order valence-corrected chi connectivity index (χ1v) is 13.5. The maximum atomic E-state index is 14.2. The molecule has 1 aromatic carbocycles. The third kappa shape index (κ3) is 5.19. The SMILES string of the molecule is CC(C)CN(CC(=O)N(Cc1ccccc1)Cc1cccn1C)C(=O)C12CC3CC(CC(C3)C1)C2. The monoisotopic (exact) mass is 475 g/mol. The lowest BCUT2D eigenvalue weighted by molar-refractivity contribution is -0.161. The van der Waals surface area contributed by atoms with Crippen LogP contribution in [0.2, 0.25) is 0 Å². The van der Waals surface area contributed by atoms with Crippen molar-refractivity contribution in [1.82, 2.24) is 14.4 Å². The molecule has 5 nitrogen and oxygen atoms in total. The van der Waals surface area contributed by atoms with Gasteiger partial charge in [0.1, 0.15) is 0 Å². The van der Waals surface area contributed by atoms with E-state index in [1.807, 2.05) is 47.3 Å². The lowest BCUT2D eigenvalue weighted by Crippen LogP contribution is -2.56. The normalized spacial score (nSPS) is 26.8. The summed E-state index contributed by atoms with van der Waals surface area (Å²) in [6, 6.07) is 14.3. The summed E-state index contributed by atoms with van der Waals surface area (Å²) in [5, 5.41) is 0. The van der Waals surface area contributed by atoms with Gasteiger partial charge in [-0.15, -0.1) is 0 Å². The molecule has 2 amide bonds. The molecule has 5 heteroatoms. The van der Waals surface area contributed by atoms with Gasteiger partial charge in [0.25, 0.3) is 0 Å². The number of benzene rings is 1. The van der Waals surface area contributed by atoms with Crippen LogP contribution in [0.15, 0.2) is 48.7 Å². The van der Waals surface area contributed by atoms with Gasteiger partial charge in [-0.1, -0.05) is 44.2 Å². The first kappa shape index (κ1) is 24.1. The van der Waals surface area contributed by atoms with Crippen molar-refractivity contribution in [3.05, 3.63) is 59.9 Å². The maximum absolute atomic E-state index is 14.2. The Kier molecular flexibility index (Phi) is 6.78. The number of carbonyl (C=O) groups is 2. The number of carbonyl (C=O) groups excluding carboxylic acids is 2. The molecule has 4 aliphatic carbocycles. The summed E-state index contributed by atoms with van der Waals surface area (Å²) in [5.74, 6) is 2.78. The van der Waals surface area contributed by atoms with Crippen molar-refractivity contribution in [1.29, 1.82) is 0 Å². The Morgan fingerprint density at radius 1 is 0.914 bits per heavy atom. The van der Waals surface area contributed by atoms with Crippen molar-refractivity contribution in [2.75, 3.05) is 13.1 Å². The fourth-order valence-corrected chi connectivity index (χ4v) is 7.52. The van der Waals surface area contributed by atoms with Crippen LogP contribution in [0.5, 0.6) is 0 Å². The second-order valence-corrected chi connectivity index (χ2v) is 12.1. The zero-order chi connectivity index (χ0) is 24.6. The molecule has 1 heterocycles. The van der Waals surface area contributed by atoms with Crippen molar-refractivity contribution in [3.63, 3.8) is 0 Å². The second-order valence-electron chi connectivity index (χ2n) is 12.1. The molecular weight excluding hydrogens is 434 g/mol. The lowest BCUT2D eigenvalue weighted by atomic mass is 9.49. The number of amides is 2. The predicted octanol–water partition coefficient (Wildman–Crippen LogP) is 5.25. The van der Waals surface area contributed by atoms with Gasteiger partial charge in [0.15, 0.2) is 0 Å². The van der Waals surface area contributed by atoms with E-state index in [1.165, 1.54) is 19.3 Å². The van der Waals surface area contributed by atoms with Gasteiger partial charge in [0, 0.05) is 32.0 Å². The van der Waals surface area contributed by atoms with E-state index in [-0.39, 0.29) is 23.8 Å². The van der Waals surface area contributed by atoms with Gasteiger partial charge >= 0.3 is 0 Å². The van der Waals surface area contributed by atoms with Gasteiger partial charge in [-0.2, -0.15) is 0 Å². The Morgan fingerprint density at radius 3 is 2.09 bits per heavy atom. The van der Waals surface area contributed by atoms with Crippen LogP contribution in [0, 0.1) is 29.1 Å². The van der Waals surface area contributed by atoms with Gasteiger partial charge in [-0.25, -0.2) is 0 Å². The molecule has 0 radical (unpaired) electrons. The molecule has 0 N–H and O–H groups in total. The minimum Gasteiger partial charge on any atom is -0.353 e. The minimum atomic E-state index is -0.216. The molecule has 0 atom stereocenters. The maximum Gasteiger partial charge on any atom is 0.242 e. The molecule has 35 heavy (non-hydrogen) atoms. The summed E-state index contributed by atoms with van der Waals surface area (Å²) in [6.45, 7) is 6.21. The molecule has 1 aromatic heterocycles. The van der Waals surface area contributed by atoms with E-state index in [4.69, 9.17) is 0 Å². The number of hydrogen-bond donors (Lipinski definition) is 0. The van der Waals surface area contributed by atoms with Crippen LogP contribution in [0.4, 0.5) is 0 Å². The van der Waals surface area contributed by atoms with Crippen LogP contribution in [0.1, 0.15) is 63.6 Å². The molecule has 188 valence electrons. The van der Waals surface area contributed by atoms with E-state index in [0.717, 1.165) is 30.5 Å². The highest BCUT2D eigenvalue weighted by atomic mass is 16.2. The fourth-order valence-electron chi connectivity index (χ4n) is 7.52. The van der Waals surface area contributed by atoms with Crippen molar-refractivity contribution in [2.45, 2.75) is 65.5 Å². The van der Waals surface area contributed by atoms with Gasteiger partial charge in [0.05, 0.1) is 18.5 Å².